The number of quaternary nitrogens is 1. The SMILES string of the molecule is C[N+]1(CCc2ccncn2)CCC[C@@H]1COC(=O)C(O)(c1ccccc1)C1CCCCC1. The highest BCUT2D eigenvalue weighted by Crippen LogP contribution is 2.40. The molecule has 2 unspecified atom stereocenters. The van der Waals surface area contributed by atoms with Crippen LogP contribution in [-0.4, -0.2) is 58.3 Å². The molecule has 0 bridgehead atoms. The molecule has 1 aromatic carbocycles. The van der Waals surface area contributed by atoms with Crippen molar-refractivity contribution in [3.63, 3.8) is 0 Å². The van der Waals surface area contributed by atoms with Crippen molar-refractivity contribution in [3.8, 4) is 0 Å². The Labute approximate surface area is 191 Å². The van der Waals surface area contributed by atoms with E-state index >= 15 is 0 Å². The standard InChI is InChI=1S/C26H36N3O3/c1-29(18-15-23-14-16-27-20-28-23)17-8-13-24(29)19-32-25(30)26(31,21-9-4-2-5-10-21)22-11-6-3-7-12-22/h2,4-5,9-10,14,16,20,22,24,31H,3,6-8,11-13,15,17-19H2,1H3/q+1/t24-,26?,29?/m1/s1. The van der Waals surface area contributed by atoms with Crippen LogP contribution in [-0.2, 0) is 21.6 Å². The first kappa shape index (κ1) is 22.9. The Morgan fingerprint density at radius 3 is 2.62 bits per heavy atom. The van der Waals surface area contributed by atoms with E-state index in [1.807, 2.05) is 36.4 Å². The molecule has 6 nitrogen and oxygen atoms in total. The number of carbonyl (C=O) groups is 1. The molecule has 0 amide bonds. The summed E-state index contributed by atoms with van der Waals surface area (Å²) < 4.78 is 6.78. The van der Waals surface area contributed by atoms with E-state index in [0.29, 0.717) is 12.2 Å². The minimum absolute atomic E-state index is 0.0895. The number of ether oxygens (including phenoxy) is 1. The third-order valence-electron chi connectivity index (χ3n) is 7.74. The van der Waals surface area contributed by atoms with E-state index in [2.05, 4.69) is 17.0 Å². The lowest BCUT2D eigenvalue weighted by molar-refractivity contribution is -0.921. The van der Waals surface area contributed by atoms with Gasteiger partial charge in [-0.15, -0.1) is 0 Å². The summed E-state index contributed by atoms with van der Waals surface area (Å²) >= 11 is 0. The molecule has 1 N–H and O–H groups in total. The minimum Gasteiger partial charge on any atom is -0.457 e. The van der Waals surface area contributed by atoms with Crippen LogP contribution in [0.1, 0.15) is 56.2 Å². The maximum Gasteiger partial charge on any atom is 0.343 e. The van der Waals surface area contributed by atoms with Crippen molar-refractivity contribution < 1.29 is 19.1 Å². The maximum absolute atomic E-state index is 13.4. The zero-order chi connectivity index (χ0) is 22.4. The number of nitrogens with zero attached hydrogens (tertiary/aromatic N) is 3. The number of likely N-dealkylation sites (tertiary alicyclic amines) is 1. The summed E-state index contributed by atoms with van der Waals surface area (Å²) in [5.41, 5.74) is 0.132. The molecule has 172 valence electrons. The third kappa shape index (κ3) is 4.86. The van der Waals surface area contributed by atoms with Gasteiger partial charge in [0.15, 0.2) is 5.60 Å². The molecule has 0 radical (unpaired) electrons. The fraction of sp³-hybridized carbons (Fsp3) is 0.577. The van der Waals surface area contributed by atoms with Crippen molar-refractivity contribution in [3.05, 3.63) is 60.2 Å². The summed E-state index contributed by atoms with van der Waals surface area (Å²) in [6, 6.07) is 11.6. The molecule has 0 spiro atoms. The summed E-state index contributed by atoms with van der Waals surface area (Å²) in [5.74, 6) is -0.571. The second-order valence-corrected chi connectivity index (χ2v) is 9.74. The second-order valence-electron chi connectivity index (χ2n) is 9.74. The first-order valence-corrected chi connectivity index (χ1v) is 12.1. The lowest BCUT2D eigenvalue weighted by Gasteiger charge is -2.39. The number of likely N-dealkylation sites (N-methyl/N-ethyl adjacent to an activating group) is 1. The third-order valence-corrected chi connectivity index (χ3v) is 7.74. The zero-order valence-corrected chi connectivity index (χ0v) is 19.2. The van der Waals surface area contributed by atoms with E-state index in [1.54, 1.807) is 12.5 Å². The summed E-state index contributed by atoms with van der Waals surface area (Å²) in [7, 11) is 2.25. The van der Waals surface area contributed by atoms with E-state index in [0.717, 1.165) is 68.2 Å². The number of benzene rings is 1. The van der Waals surface area contributed by atoms with Gasteiger partial charge < -0.3 is 14.3 Å². The molecule has 1 aliphatic carbocycles. The smallest absolute Gasteiger partial charge is 0.343 e. The Morgan fingerprint density at radius 2 is 1.91 bits per heavy atom. The van der Waals surface area contributed by atoms with Gasteiger partial charge in [-0.1, -0.05) is 49.6 Å². The Bertz CT molecular complexity index is 872. The molecule has 3 atom stereocenters. The largest absolute Gasteiger partial charge is 0.457 e. The molecule has 1 saturated heterocycles. The number of esters is 1. The molecule has 1 saturated carbocycles. The van der Waals surface area contributed by atoms with Gasteiger partial charge in [-0.25, -0.2) is 14.8 Å². The van der Waals surface area contributed by atoms with Gasteiger partial charge in [0.1, 0.15) is 19.0 Å². The number of rotatable bonds is 8. The molecule has 1 aliphatic heterocycles. The van der Waals surface area contributed by atoms with Crippen LogP contribution >= 0.6 is 0 Å². The van der Waals surface area contributed by atoms with Gasteiger partial charge in [-0.3, -0.25) is 0 Å². The van der Waals surface area contributed by atoms with Crippen molar-refractivity contribution in [2.45, 2.75) is 63.0 Å². The predicted octanol–water partition coefficient (Wildman–Crippen LogP) is 3.64. The highest BCUT2D eigenvalue weighted by atomic mass is 16.6. The summed E-state index contributed by atoms with van der Waals surface area (Å²) in [6.07, 6.45) is 11.4. The highest BCUT2D eigenvalue weighted by molar-refractivity contribution is 5.81. The van der Waals surface area contributed by atoms with E-state index in [-0.39, 0.29) is 12.0 Å². The summed E-state index contributed by atoms with van der Waals surface area (Å²) in [6.45, 7) is 2.37. The Hall–Kier alpha value is -2.31. The number of aliphatic hydroxyl groups is 1. The average molecular weight is 439 g/mol. The van der Waals surface area contributed by atoms with Gasteiger partial charge in [0.25, 0.3) is 0 Å². The molecular formula is C26H36N3O3+. The van der Waals surface area contributed by atoms with E-state index in [1.165, 1.54) is 6.42 Å². The van der Waals surface area contributed by atoms with Crippen molar-refractivity contribution >= 4 is 5.97 Å². The van der Waals surface area contributed by atoms with Crippen molar-refractivity contribution in [1.29, 1.82) is 0 Å². The maximum atomic E-state index is 13.4. The van der Waals surface area contributed by atoms with E-state index in [9.17, 15) is 9.90 Å². The lowest BCUT2D eigenvalue weighted by atomic mass is 9.73. The second kappa shape index (κ2) is 10.1. The fourth-order valence-electron chi connectivity index (χ4n) is 5.59. The predicted molar refractivity (Wildman–Crippen MR) is 123 cm³/mol. The van der Waals surface area contributed by atoms with Gasteiger partial charge in [-0.05, 0) is 24.5 Å². The summed E-state index contributed by atoms with van der Waals surface area (Å²) in [4.78, 5) is 21.8. The zero-order valence-electron chi connectivity index (χ0n) is 19.2. The number of hydrogen-bond acceptors (Lipinski definition) is 5. The first-order chi connectivity index (χ1) is 15.5. The molecular weight excluding hydrogens is 402 g/mol. The summed E-state index contributed by atoms with van der Waals surface area (Å²) in [5, 5.41) is 11.7. The van der Waals surface area contributed by atoms with Gasteiger partial charge in [0, 0.05) is 37.1 Å². The Kier molecular flexibility index (Phi) is 7.21. The monoisotopic (exact) mass is 438 g/mol. The fourth-order valence-corrected chi connectivity index (χ4v) is 5.59. The van der Waals surface area contributed by atoms with Crippen LogP contribution in [0.4, 0.5) is 0 Å². The topological polar surface area (TPSA) is 72.3 Å². The van der Waals surface area contributed by atoms with E-state index < -0.39 is 11.6 Å². The first-order valence-electron chi connectivity index (χ1n) is 12.1. The molecule has 2 aromatic rings. The molecule has 6 heteroatoms. The van der Waals surface area contributed by atoms with Crippen LogP contribution < -0.4 is 0 Å². The highest BCUT2D eigenvalue weighted by Gasteiger charge is 2.48. The van der Waals surface area contributed by atoms with Crippen molar-refractivity contribution in [2.24, 2.45) is 5.92 Å². The molecule has 4 rings (SSSR count). The lowest BCUT2D eigenvalue weighted by Crippen LogP contribution is -2.52. The number of aromatic nitrogens is 2. The van der Waals surface area contributed by atoms with Gasteiger partial charge in [0.05, 0.1) is 20.1 Å². The van der Waals surface area contributed by atoms with Crippen molar-refractivity contribution in [1.82, 2.24) is 9.97 Å². The number of hydrogen-bond donors (Lipinski definition) is 1. The molecule has 2 aliphatic rings. The Morgan fingerprint density at radius 1 is 1.12 bits per heavy atom. The molecule has 2 fully saturated rings. The van der Waals surface area contributed by atoms with Crippen LogP contribution in [0.5, 0.6) is 0 Å². The van der Waals surface area contributed by atoms with Gasteiger partial charge in [-0.2, -0.15) is 0 Å². The van der Waals surface area contributed by atoms with Crippen molar-refractivity contribution in [2.75, 3.05) is 26.7 Å². The molecule has 32 heavy (non-hydrogen) atoms. The quantitative estimate of drug-likeness (QED) is 0.503. The van der Waals surface area contributed by atoms with E-state index in [4.69, 9.17) is 4.74 Å². The average Bonchev–Trinajstić information content (AvgIpc) is 3.23. The van der Waals surface area contributed by atoms with Crippen LogP contribution in [0.15, 0.2) is 48.9 Å². The van der Waals surface area contributed by atoms with Crippen LogP contribution in [0, 0.1) is 5.92 Å². The van der Waals surface area contributed by atoms with Gasteiger partial charge in [0.2, 0.25) is 0 Å². The molecule has 1 aromatic heterocycles. The Balaban J connectivity index is 1.44. The normalized spacial score (nSPS) is 25.9. The molecule has 2 heterocycles. The van der Waals surface area contributed by atoms with Gasteiger partial charge >= 0.3 is 5.97 Å². The minimum atomic E-state index is -1.56. The number of carbonyl (C=O) groups excluding carboxylic acids is 1. The van der Waals surface area contributed by atoms with Crippen LogP contribution in [0.3, 0.4) is 0 Å². The van der Waals surface area contributed by atoms with Crippen LogP contribution in [0.25, 0.3) is 0 Å². The van der Waals surface area contributed by atoms with Crippen LogP contribution in [0.2, 0.25) is 0 Å².